The van der Waals surface area contributed by atoms with E-state index in [1.165, 1.54) is 0 Å². The van der Waals surface area contributed by atoms with Crippen LogP contribution in [0.15, 0.2) is 27.8 Å². The van der Waals surface area contributed by atoms with Crippen LogP contribution in [0, 0.1) is 0 Å². The summed E-state index contributed by atoms with van der Waals surface area (Å²) in [5.41, 5.74) is 1.37. The second-order valence-corrected chi connectivity index (χ2v) is 3.39. The number of ether oxygens (including phenoxy) is 1. The summed E-state index contributed by atoms with van der Waals surface area (Å²) in [6.45, 7) is 1.72. The molecular weight excluding hydrogens is 234 g/mol. The van der Waals surface area contributed by atoms with Crippen molar-refractivity contribution in [3.05, 3.63) is 28.2 Å². The fourth-order valence-corrected chi connectivity index (χ4v) is 1.50. The van der Waals surface area contributed by atoms with Crippen LogP contribution in [0.4, 0.5) is 0 Å². The van der Waals surface area contributed by atoms with Gasteiger partial charge in [0.1, 0.15) is 5.75 Å². The number of methoxy groups -OCH3 is 1. The van der Waals surface area contributed by atoms with E-state index in [0.717, 1.165) is 15.8 Å². The molecule has 0 saturated heterocycles. The van der Waals surface area contributed by atoms with Crippen LogP contribution in [0.1, 0.15) is 12.5 Å². The number of hydrogen-bond donors (Lipinski definition) is 1. The maximum atomic E-state index is 8.60. The molecule has 0 saturated carbocycles. The van der Waals surface area contributed by atoms with Gasteiger partial charge < -0.3 is 9.94 Å². The smallest absolute Gasteiger partial charge is 0.119 e. The molecule has 0 spiro atoms. The Labute approximate surface area is 85.2 Å². The summed E-state index contributed by atoms with van der Waals surface area (Å²) in [6, 6.07) is 5.49. The van der Waals surface area contributed by atoms with Gasteiger partial charge in [0.15, 0.2) is 0 Å². The Hall–Kier alpha value is -1.03. The topological polar surface area (TPSA) is 41.8 Å². The van der Waals surface area contributed by atoms with Crippen molar-refractivity contribution >= 4 is 21.6 Å². The summed E-state index contributed by atoms with van der Waals surface area (Å²) in [4.78, 5) is 0. The minimum Gasteiger partial charge on any atom is -0.497 e. The highest BCUT2D eigenvalue weighted by molar-refractivity contribution is 9.10. The number of hydrogen-bond acceptors (Lipinski definition) is 3. The lowest BCUT2D eigenvalue weighted by molar-refractivity contribution is 0.319. The van der Waals surface area contributed by atoms with Gasteiger partial charge >= 0.3 is 0 Å². The minimum atomic E-state index is 0.547. The molecule has 1 aromatic rings. The van der Waals surface area contributed by atoms with E-state index in [1.54, 1.807) is 20.1 Å². The van der Waals surface area contributed by atoms with E-state index in [-0.39, 0.29) is 0 Å². The van der Waals surface area contributed by atoms with Gasteiger partial charge in [-0.25, -0.2) is 0 Å². The molecule has 1 aromatic carbocycles. The molecule has 70 valence electrons. The van der Waals surface area contributed by atoms with E-state index in [1.807, 2.05) is 12.1 Å². The molecule has 1 N–H and O–H groups in total. The van der Waals surface area contributed by atoms with Gasteiger partial charge in [0.2, 0.25) is 0 Å². The van der Waals surface area contributed by atoms with E-state index >= 15 is 0 Å². The number of oxime groups is 1. The second kappa shape index (κ2) is 4.28. The first kappa shape index (κ1) is 10.1. The Bertz CT molecular complexity index is 336. The normalized spacial score (nSPS) is 11.5. The van der Waals surface area contributed by atoms with Crippen molar-refractivity contribution in [2.75, 3.05) is 7.11 Å². The van der Waals surface area contributed by atoms with Gasteiger partial charge in [-0.1, -0.05) is 21.1 Å². The van der Waals surface area contributed by atoms with Crippen molar-refractivity contribution in [1.82, 2.24) is 0 Å². The van der Waals surface area contributed by atoms with Gasteiger partial charge in [0.05, 0.1) is 12.8 Å². The summed E-state index contributed by atoms with van der Waals surface area (Å²) >= 11 is 3.35. The zero-order valence-electron chi connectivity index (χ0n) is 7.41. The highest BCUT2D eigenvalue weighted by Crippen LogP contribution is 2.22. The van der Waals surface area contributed by atoms with Crippen LogP contribution in [-0.4, -0.2) is 18.0 Å². The lowest BCUT2D eigenvalue weighted by Gasteiger charge is -2.05. The number of benzene rings is 1. The van der Waals surface area contributed by atoms with E-state index in [9.17, 15) is 0 Å². The fraction of sp³-hybridized carbons (Fsp3) is 0.222. The van der Waals surface area contributed by atoms with Gasteiger partial charge in [-0.05, 0) is 25.1 Å². The maximum absolute atomic E-state index is 8.60. The third-order valence-corrected chi connectivity index (χ3v) is 2.40. The summed E-state index contributed by atoms with van der Waals surface area (Å²) in [7, 11) is 1.60. The standard InChI is InChI=1S/C9H10BrNO2/c1-6(11-12)8-5-7(13-2)3-4-9(8)10/h3-5,12H,1-2H3. The molecule has 13 heavy (non-hydrogen) atoms. The molecule has 0 atom stereocenters. The molecular formula is C9H10BrNO2. The molecule has 0 unspecified atom stereocenters. The Morgan fingerprint density at radius 1 is 1.54 bits per heavy atom. The number of rotatable bonds is 2. The number of nitrogens with zero attached hydrogens (tertiary/aromatic N) is 1. The molecule has 0 aromatic heterocycles. The predicted octanol–water partition coefficient (Wildman–Crippen LogP) is 2.66. The Morgan fingerprint density at radius 2 is 2.23 bits per heavy atom. The molecule has 0 aliphatic heterocycles. The summed E-state index contributed by atoms with van der Waals surface area (Å²) < 4.78 is 5.93. The van der Waals surface area contributed by atoms with E-state index in [4.69, 9.17) is 9.94 Å². The van der Waals surface area contributed by atoms with Crippen molar-refractivity contribution < 1.29 is 9.94 Å². The Kier molecular flexibility index (Phi) is 3.31. The van der Waals surface area contributed by atoms with E-state index in [2.05, 4.69) is 21.1 Å². The zero-order valence-corrected chi connectivity index (χ0v) is 9.00. The van der Waals surface area contributed by atoms with Gasteiger partial charge in [-0.2, -0.15) is 0 Å². The van der Waals surface area contributed by atoms with Crippen molar-refractivity contribution in [1.29, 1.82) is 0 Å². The van der Waals surface area contributed by atoms with Crippen molar-refractivity contribution in [3.8, 4) is 5.75 Å². The molecule has 3 nitrogen and oxygen atoms in total. The van der Waals surface area contributed by atoms with Gasteiger partial charge in [-0.3, -0.25) is 0 Å². The van der Waals surface area contributed by atoms with Crippen LogP contribution < -0.4 is 4.74 Å². The first-order valence-electron chi connectivity index (χ1n) is 3.71. The summed E-state index contributed by atoms with van der Waals surface area (Å²) in [5.74, 6) is 0.737. The first-order valence-corrected chi connectivity index (χ1v) is 4.51. The first-order chi connectivity index (χ1) is 6.19. The number of halogens is 1. The molecule has 0 radical (unpaired) electrons. The van der Waals surface area contributed by atoms with E-state index in [0.29, 0.717) is 5.71 Å². The van der Waals surface area contributed by atoms with Crippen LogP contribution in [0.3, 0.4) is 0 Å². The quantitative estimate of drug-likeness (QED) is 0.493. The third kappa shape index (κ3) is 2.21. The average molecular weight is 244 g/mol. The van der Waals surface area contributed by atoms with Gasteiger partial charge in [0.25, 0.3) is 0 Å². The lowest BCUT2D eigenvalue weighted by atomic mass is 10.1. The zero-order chi connectivity index (χ0) is 9.84. The molecule has 4 heteroatoms. The molecule has 0 heterocycles. The van der Waals surface area contributed by atoms with Gasteiger partial charge in [0, 0.05) is 10.0 Å². The van der Waals surface area contributed by atoms with Gasteiger partial charge in [-0.15, -0.1) is 0 Å². The van der Waals surface area contributed by atoms with Crippen LogP contribution in [0.25, 0.3) is 0 Å². The van der Waals surface area contributed by atoms with E-state index < -0.39 is 0 Å². The van der Waals surface area contributed by atoms with Crippen LogP contribution in [0.2, 0.25) is 0 Å². The van der Waals surface area contributed by atoms with Crippen molar-refractivity contribution in [3.63, 3.8) is 0 Å². The molecule has 0 bridgehead atoms. The van der Waals surface area contributed by atoms with Crippen molar-refractivity contribution in [2.24, 2.45) is 5.16 Å². The Balaban J connectivity index is 3.19. The highest BCUT2D eigenvalue weighted by atomic mass is 79.9. The summed E-state index contributed by atoms with van der Waals surface area (Å²) in [6.07, 6.45) is 0. The lowest BCUT2D eigenvalue weighted by Crippen LogP contribution is -1.96. The highest BCUT2D eigenvalue weighted by Gasteiger charge is 2.05. The molecule has 1 rings (SSSR count). The molecule has 0 aliphatic rings. The maximum Gasteiger partial charge on any atom is 0.119 e. The average Bonchev–Trinajstić information content (AvgIpc) is 2.17. The van der Waals surface area contributed by atoms with Crippen LogP contribution in [0.5, 0.6) is 5.75 Å². The molecule has 0 amide bonds. The summed E-state index contributed by atoms with van der Waals surface area (Å²) in [5, 5.41) is 11.7. The third-order valence-electron chi connectivity index (χ3n) is 1.71. The van der Waals surface area contributed by atoms with Crippen LogP contribution >= 0.6 is 15.9 Å². The molecule has 0 aliphatic carbocycles. The Morgan fingerprint density at radius 3 is 2.77 bits per heavy atom. The van der Waals surface area contributed by atoms with Crippen LogP contribution in [-0.2, 0) is 0 Å². The second-order valence-electron chi connectivity index (χ2n) is 2.53. The van der Waals surface area contributed by atoms with Crippen molar-refractivity contribution in [2.45, 2.75) is 6.92 Å². The largest absolute Gasteiger partial charge is 0.497 e. The fourth-order valence-electron chi connectivity index (χ4n) is 0.962. The minimum absolute atomic E-state index is 0.547. The monoisotopic (exact) mass is 243 g/mol. The predicted molar refractivity (Wildman–Crippen MR) is 54.7 cm³/mol. The molecule has 0 fully saturated rings. The SMILES string of the molecule is COc1ccc(Br)c(C(C)=NO)c1.